The molecule has 0 spiro atoms. The third-order valence-corrected chi connectivity index (χ3v) is 1.98. The lowest BCUT2D eigenvalue weighted by molar-refractivity contribution is -0.151. The van der Waals surface area contributed by atoms with E-state index in [0.29, 0.717) is 0 Å². The van der Waals surface area contributed by atoms with E-state index in [9.17, 15) is 14.4 Å². The molecule has 0 aliphatic carbocycles. The number of cyclic esters (lactones) is 2. The highest BCUT2D eigenvalue weighted by Crippen LogP contribution is 2.21. The first kappa shape index (κ1) is 11.2. The molecule has 0 saturated carbocycles. The molecule has 0 aromatic heterocycles. The van der Waals surface area contributed by atoms with Gasteiger partial charge < -0.3 is 9.47 Å². The highest BCUT2D eigenvalue weighted by Gasteiger charge is 2.29. The molecule has 0 bridgehead atoms. The molecule has 0 amide bonds. The standard InChI is InChI=1S/C10H10O5/c1-3-14-8(11)5-4-7-6(2)9(12)15-10(7)13/h3H,1,4-5H2,2H3. The van der Waals surface area contributed by atoms with Gasteiger partial charge in [-0.25, -0.2) is 9.59 Å². The Morgan fingerprint density at radius 1 is 1.47 bits per heavy atom. The molecular weight excluding hydrogens is 200 g/mol. The largest absolute Gasteiger partial charge is 0.435 e. The van der Waals surface area contributed by atoms with E-state index in [0.717, 1.165) is 6.26 Å². The Morgan fingerprint density at radius 3 is 2.60 bits per heavy atom. The van der Waals surface area contributed by atoms with Crippen LogP contribution in [-0.4, -0.2) is 17.9 Å². The van der Waals surface area contributed by atoms with E-state index in [1.165, 1.54) is 6.92 Å². The normalized spacial score (nSPS) is 15.3. The van der Waals surface area contributed by atoms with Gasteiger partial charge in [-0.05, 0) is 13.3 Å². The van der Waals surface area contributed by atoms with Gasteiger partial charge in [0.15, 0.2) is 0 Å². The molecule has 0 saturated heterocycles. The van der Waals surface area contributed by atoms with Crippen LogP contribution in [0.1, 0.15) is 19.8 Å². The Kier molecular flexibility index (Phi) is 3.38. The second-order valence-electron chi connectivity index (χ2n) is 2.94. The van der Waals surface area contributed by atoms with Crippen LogP contribution in [0.4, 0.5) is 0 Å². The van der Waals surface area contributed by atoms with Crippen LogP contribution in [0, 0.1) is 0 Å². The minimum atomic E-state index is -0.677. The Morgan fingerprint density at radius 2 is 2.13 bits per heavy atom. The summed E-state index contributed by atoms with van der Waals surface area (Å²) < 4.78 is 8.82. The number of ether oxygens (including phenoxy) is 2. The van der Waals surface area contributed by atoms with Crippen molar-refractivity contribution in [2.24, 2.45) is 0 Å². The monoisotopic (exact) mass is 210 g/mol. The molecule has 0 atom stereocenters. The van der Waals surface area contributed by atoms with Crippen LogP contribution in [0.2, 0.25) is 0 Å². The molecule has 0 aromatic carbocycles. The molecule has 5 nitrogen and oxygen atoms in total. The average molecular weight is 210 g/mol. The molecule has 1 heterocycles. The fourth-order valence-corrected chi connectivity index (χ4v) is 1.17. The third-order valence-electron chi connectivity index (χ3n) is 1.98. The summed E-state index contributed by atoms with van der Waals surface area (Å²) in [6, 6.07) is 0. The third kappa shape index (κ3) is 2.52. The van der Waals surface area contributed by atoms with Crippen molar-refractivity contribution in [3.63, 3.8) is 0 Å². The van der Waals surface area contributed by atoms with Gasteiger partial charge in [-0.3, -0.25) is 4.79 Å². The fraction of sp³-hybridized carbons (Fsp3) is 0.300. The summed E-state index contributed by atoms with van der Waals surface area (Å²) in [4.78, 5) is 33.0. The molecule has 1 rings (SSSR count). The van der Waals surface area contributed by atoms with Gasteiger partial charge in [0.05, 0.1) is 12.7 Å². The maximum absolute atomic E-state index is 11.1. The zero-order valence-corrected chi connectivity index (χ0v) is 8.24. The first-order valence-electron chi connectivity index (χ1n) is 4.33. The number of esters is 3. The van der Waals surface area contributed by atoms with Crippen molar-refractivity contribution in [3.8, 4) is 0 Å². The van der Waals surface area contributed by atoms with Gasteiger partial charge in [0.25, 0.3) is 0 Å². The maximum atomic E-state index is 11.1. The van der Waals surface area contributed by atoms with Crippen molar-refractivity contribution in [3.05, 3.63) is 24.0 Å². The van der Waals surface area contributed by atoms with Crippen LogP contribution in [0.3, 0.4) is 0 Å². The van der Waals surface area contributed by atoms with Crippen LogP contribution in [0.25, 0.3) is 0 Å². The molecule has 0 fully saturated rings. The van der Waals surface area contributed by atoms with Crippen LogP contribution >= 0.6 is 0 Å². The number of hydrogen-bond donors (Lipinski definition) is 0. The minimum Gasteiger partial charge on any atom is -0.435 e. The molecular formula is C10H10O5. The van der Waals surface area contributed by atoms with Gasteiger partial charge >= 0.3 is 17.9 Å². The van der Waals surface area contributed by atoms with Gasteiger partial charge in [0.1, 0.15) is 0 Å². The fourth-order valence-electron chi connectivity index (χ4n) is 1.17. The molecule has 0 unspecified atom stereocenters. The number of carbonyl (C=O) groups excluding carboxylic acids is 3. The second kappa shape index (κ2) is 4.54. The molecule has 80 valence electrons. The lowest BCUT2D eigenvalue weighted by atomic mass is 10.1. The van der Waals surface area contributed by atoms with Gasteiger partial charge in [-0.1, -0.05) is 6.58 Å². The zero-order valence-electron chi connectivity index (χ0n) is 8.24. The molecule has 1 aliphatic heterocycles. The van der Waals surface area contributed by atoms with E-state index >= 15 is 0 Å². The number of hydrogen-bond acceptors (Lipinski definition) is 5. The summed E-state index contributed by atoms with van der Waals surface area (Å²) in [7, 11) is 0. The van der Waals surface area contributed by atoms with Crippen LogP contribution < -0.4 is 0 Å². The van der Waals surface area contributed by atoms with E-state index in [1.54, 1.807) is 0 Å². The molecule has 1 aliphatic rings. The molecule has 15 heavy (non-hydrogen) atoms. The van der Waals surface area contributed by atoms with Crippen molar-refractivity contribution < 1.29 is 23.9 Å². The summed E-state index contributed by atoms with van der Waals surface area (Å²) in [5.74, 6) is -1.83. The summed E-state index contributed by atoms with van der Waals surface area (Å²) in [6.07, 6.45) is 1.17. The predicted molar refractivity (Wildman–Crippen MR) is 49.3 cm³/mol. The first-order valence-corrected chi connectivity index (χ1v) is 4.33. The highest BCUT2D eigenvalue weighted by atomic mass is 16.6. The first-order chi connectivity index (χ1) is 7.06. The van der Waals surface area contributed by atoms with Gasteiger partial charge in [-0.2, -0.15) is 0 Å². The summed E-state index contributed by atoms with van der Waals surface area (Å²) in [6.45, 7) is 4.71. The van der Waals surface area contributed by atoms with Gasteiger partial charge in [-0.15, -0.1) is 0 Å². The maximum Gasteiger partial charge on any atom is 0.342 e. The highest BCUT2D eigenvalue weighted by molar-refractivity contribution is 6.12. The lowest BCUT2D eigenvalue weighted by Crippen LogP contribution is -2.05. The molecule has 0 N–H and O–H groups in total. The minimum absolute atomic E-state index is 0.0150. The van der Waals surface area contributed by atoms with Crippen LogP contribution in [0.5, 0.6) is 0 Å². The van der Waals surface area contributed by atoms with E-state index in [1.807, 2.05) is 0 Å². The van der Waals surface area contributed by atoms with E-state index in [4.69, 9.17) is 0 Å². The van der Waals surface area contributed by atoms with E-state index in [2.05, 4.69) is 16.1 Å². The molecule has 5 heteroatoms. The molecule has 0 radical (unpaired) electrons. The van der Waals surface area contributed by atoms with Crippen LogP contribution in [-0.2, 0) is 23.9 Å². The smallest absolute Gasteiger partial charge is 0.342 e. The summed E-state index contributed by atoms with van der Waals surface area (Å²) in [5.41, 5.74) is 0.493. The Balaban J connectivity index is 2.59. The van der Waals surface area contributed by atoms with E-state index < -0.39 is 17.9 Å². The quantitative estimate of drug-likeness (QED) is 0.391. The van der Waals surface area contributed by atoms with E-state index in [-0.39, 0.29) is 24.0 Å². The van der Waals surface area contributed by atoms with Crippen molar-refractivity contribution in [1.29, 1.82) is 0 Å². The van der Waals surface area contributed by atoms with Crippen molar-refractivity contribution in [2.75, 3.05) is 0 Å². The zero-order chi connectivity index (χ0) is 11.4. The summed E-state index contributed by atoms with van der Waals surface area (Å²) >= 11 is 0. The van der Waals surface area contributed by atoms with Crippen molar-refractivity contribution in [1.82, 2.24) is 0 Å². The summed E-state index contributed by atoms with van der Waals surface area (Å²) in [5, 5.41) is 0. The number of carbonyl (C=O) groups is 3. The SMILES string of the molecule is C=COC(=O)CCC1=C(C)C(=O)OC1=O. The average Bonchev–Trinajstić information content (AvgIpc) is 2.40. The van der Waals surface area contributed by atoms with Gasteiger partial charge in [0, 0.05) is 11.1 Å². The lowest BCUT2D eigenvalue weighted by Gasteiger charge is -1.98. The van der Waals surface area contributed by atoms with Gasteiger partial charge in [0.2, 0.25) is 0 Å². The Hall–Kier alpha value is -1.91. The van der Waals surface area contributed by atoms with Crippen molar-refractivity contribution >= 4 is 17.9 Å². The second-order valence-corrected chi connectivity index (χ2v) is 2.94. The topological polar surface area (TPSA) is 69.7 Å². The van der Waals surface area contributed by atoms with Crippen molar-refractivity contribution in [2.45, 2.75) is 19.8 Å². The number of rotatable bonds is 4. The molecule has 0 aromatic rings. The van der Waals surface area contributed by atoms with Crippen LogP contribution in [0.15, 0.2) is 24.0 Å². The Bertz CT molecular complexity index is 364. The Labute approximate surface area is 86.4 Å². The predicted octanol–water partition coefficient (Wildman–Crippen LogP) is 0.853.